The maximum absolute atomic E-state index is 12.3. The van der Waals surface area contributed by atoms with Gasteiger partial charge < -0.3 is 20.9 Å². The highest BCUT2D eigenvalue weighted by Crippen LogP contribution is 2.07. The topological polar surface area (TPSA) is 86.6 Å². The summed E-state index contributed by atoms with van der Waals surface area (Å²) in [6, 6.07) is 9.54. The zero-order valence-corrected chi connectivity index (χ0v) is 20.4. The Labute approximate surface area is 196 Å². The first-order valence-electron chi connectivity index (χ1n) is 10.1. The van der Waals surface area contributed by atoms with Crippen LogP contribution in [0.25, 0.3) is 0 Å². The average Bonchev–Trinajstić information content (AvgIpc) is 3.22. The van der Waals surface area contributed by atoms with Gasteiger partial charge in [0.15, 0.2) is 5.96 Å². The number of rotatable bonds is 11. The number of carbonyl (C=O) groups excluding carboxylic acids is 1. The Balaban J connectivity index is 0.00000450. The lowest BCUT2D eigenvalue weighted by atomic mass is 10.1. The zero-order chi connectivity index (χ0) is 20.9. The largest absolute Gasteiger partial charge is 0.357 e. The Morgan fingerprint density at radius 3 is 2.70 bits per heavy atom. The third-order valence-corrected chi connectivity index (χ3v) is 4.21. The number of hydrogen-bond acceptors (Lipinski definition) is 4. The van der Waals surface area contributed by atoms with E-state index in [1.54, 1.807) is 6.20 Å². The van der Waals surface area contributed by atoms with Gasteiger partial charge in [-0.25, -0.2) is 4.99 Å². The predicted octanol–water partition coefficient (Wildman–Crippen LogP) is 1.94. The van der Waals surface area contributed by atoms with Crippen molar-refractivity contribution in [3.05, 3.63) is 53.9 Å². The van der Waals surface area contributed by atoms with Crippen LogP contribution in [0, 0.1) is 0 Å². The fraction of sp³-hybridized carbons (Fsp3) is 0.476. The van der Waals surface area contributed by atoms with E-state index >= 15 is 0 Å². The molecule has 30 heavy (non-hydrogen) atoms. The number of nitrogens with one attached hydrogen (secondary N) is 3. The molecule has 0 spiro atoms. The molecule has 0 bridgehead atoms. The normalized spacial score (nSPS) is 11.1. The van der Waals surface area contributed by atoms with Gasteiger partial charge in [0.05, 0.1) is 6.54 Å². The number of benzene rings is 1. The van der Waals surface area contributed by atoms with Crippen molar-refractivity contribution in [3.63, 3.8) is 0 Å². The van der Waals surface area contributed by atoms with E-state index in [1.807, 2.05) is 67.1 Å². The van der Waals surface area contributed by atoms with Crippen LogP contribution in [0.5, 0.6) is 0 Å². The number of aryl methyl sites for hydroxylation is 1. The van der Waals surface area contributed by atoms with Gasteiger partial charge in [-0.3, -0.25) is 9.48 Å². The molecule has 1 amide bonds. The molecule has 3 N–H and O–H groups in total. The molecule has 0 radical (unpaired) electrons. The van der Waals surface area contributed by atoms with E-state index in [0.717, 1.165) is 44.1 Å². The molecular weight excluding hydrogens is 493 g/mol. The van der Waals surface area contributed by atoms with E-state index in [0.29, 0.717) is 18.7 Å². The van der Waals surface area contributed by atoms with Gasteiger partial charge in [0.2, 0.25) is 0 Å². The first kappa shape index (κ1) is 25.9. The summed E-state index contributed by atoms with van der Waals surface area (Å²) < 4.78 is 1.92. The first-order chi connectivity index (χ1) is 14.1. The SMILES string of the molecule is CCNC(=NCc1cccc(C(=O)NCCN(C)C)c1)NCCCn1cccn1.I. The van der Waals surface area contributed by atoms with Gasteiger partial charge in [0, 0.05) is 50.7 Å². The van der Waals surface area contributed by atoms with Gasteiger partial charge in [-0.1, -0.05) is 12.1 Å². The van der Waals surface area contributed by atoms with Gasteiger partial charge in [0.25, 0.3) is 5.91 Å². The maximum Gasteiger partial charge on any atom is 0.251 e. The smallest absolute Gasteiger partial charge is 0.251 e. The second kappa shape index (κ2) is 14.8. The molecule has 2 rings (SSSR count). The number of aliphatic imine (C=N–C) groups is 1. The lowest BCUT2D eigenvalue weighted by molar-refractivity contribution is 0.0951. The number of guanidine groups is 1. The minimum absolute atomic E-state index is 0. The van der Waals surface area contributed by atoms with Crippen molar-refractivity contribution in [1.29, 1.82) is 0 Å². The summed E-state index contributed by atoms with van der Waals surface area (Å²) >= 11 is 0. The van der Waals surface area contributed by atoms with E-state index in [-0.39, 0.29) is 29.9 Å². The molecule has 0 atom stereocenters. The predicted molar refractivity (Wildman–Crippen MR) is 132 cm³/mol. The number of amides is 1. The van der Waals surface area contributed by atoms with Crippen molar-refractivity contribution in [3.8, 4) is 0 Å². The van der Waals surface area contributed by atoms with E-state index < -0.39 is 0 Å². The summed E-state index contributed by atoms with van der Waals surface area (Å²) in [5.41, 5.74) is 1.66. The Kier molecular flexibility index (Phi) is 12.8. The monoisotopic (exact) mass is 527 g/mol. The number of hydrogen-bond donors (Lipinski definition) is 3. The Morgan fingerprint density at radius 2 is 2.00 bits per heavy atom. The molecule has 1 aromatic heterocycles. The van der Waals surface area contributed by atoms with Crippen LogP contribution in [0.4, 0.5) is 0 Å². The van der Waals surface area contributed by atoms with Crippen molar-refractivity contribution in [2.45, 2.75) is 26.4 Å². The Bertz CT molecular complexity index is 762. The fourth-order valence-electron chi connectivity index (χ4n) is 2.70. The molecule has 1 aromatic carbocycles. The van der Waals surface area contributed by atoms with Crippen molar-refractivity contribution in [2.75, 3.05) is 40.3 Å². The van der Waals surface area contributed by atoms with E-state index in [2.05, 4.69) is 26.0 Å². The average molecular weight is 527 g/mol. The van der Waals surface area contributed by atoms with Crippen molar-refractivity contribution in [2.24, 2.45) is 4.99 Å². The summed E-state index contributed by atoms with van der Waals surface area (Å²) in [7, 11) is 3.97. The molecule has 0 aliphatic carbocycles. The highest BCUT2D eigenvalue weighted by atomic mass is 127. The van der Waals surface area contributed by atoms with Crippen molar-refractivity contribution in [1.82, 2.24) is 30.6 Å². The molecule has 0 saturated carbocycles. The molecule has 8 nitrogen and oxygen atoms in total. The van der Waals surface area contributed by atoms with E-state index in [4.69, 9.17) is 0 Å². The third-order valence-electron chi connectivity index (χ3n) is 4.21. The van der Waals surface area contributed by atoms with Crippen LogP contribution in [0.3, 0.4) is 0 Å². The Morgan fingerprint density at radius 1 is 1.17 bits per heavy atom. The molecule has 0 unspecified atom stereocenters. The number of halogens is 1. The number of carbonyl (C=O) groups is 1. The molecule has 166 valence electrons. The summed E-state index contributed by atoms with van der Waals surface area (Å²) in [5, 5.41) is 13.7. The molecule has 2 aromatic rings. The van der Waals surface area contributed by atoms with Crippen LogP contribution in [0.2, 0.25) is 0 Å². The van der Waals surface area contributed by atoms with Crippen LogP contribution >= 0.6 is 24.0 Å². The quantitative estimate of drug-likeness (QED) is 0.180. The minimum Gasteiger partial charge on any atom is -0.357 e. The van der Waals surface area contributed by atoms with Crippen LogP contribution in [-0.2, 0) is 13.1 Å². The molecule has 0 aliphatic rings. The van der Waals surface area contributed by atoms with Crippen LogP contribution in [0.1, 0.15) is 29.3 Å². The second-order valence-corrected chi connectivity index (χ2v) is 7.00. The van der Waals surface area contributed by atoms with Crippen LogP contribution in [0.15, 0.2) is 47.7 Å². The lowest BCUT2D eigenvalue weighted by Gasteiger charge is -2.12. The molecule has 0 fully saturated rings. The van der Waals surface area contributed by atoms with E-state index in [1.165, 1.54) is 0 Å². The second-order valence-electron chi connectivity index (χ2n) is 7.00. The van der Waals surface area contributed by atoms with Gasteiger partial charge in [0.1, 0.15) is 0 Å². The van der Waals surface area contributed by atoms with Gasteiger partial charge in [-0.15, -0.1) is 24.0 Å². The fourth-order valence-corrected chi connectivity index (χ4v) is 2.70. The zero-order valence-electron chi connectivity index (χ0n) is 18.1. The first-order valence-corrected chi connectivity index (χ1v) is 10.1. The van der Waals surface area contributed by atoms with Gasteiger partial charge in [-0.2, -0.15) is 5.10 Å². The van der Waals surface area contributed by atoms with E-state index in [9.17, 15) is 4.79 Å². The van der Waals surface area contributed by atoms with Crippen LogP contribution in [-0.4, -0.2) is 66.8 Å². The van der Waals surface area contributed by atoms with Gasteiger partial charge in [-0.05, 0) is 51.2 Å². The van der Waals surface area contributed by atoms with Crippen molar-refractivity contribution < 1.29 is 4.79 Å². The highest BCUT2D eigenvalue weighted by Gasteiger charge is 2.06. The number of likely N-dealkylation sites (N-methyl/N-ethyl adjacent to an activating group) is 1. The van der Waals surface area contributed by atoms with Crippen LogP contribution < -0.4 is 16.0 Å². The summed E-state index contributed by atoms with van der Waals surface area (Å²) in [5.74, 6) is 0.718. The maximum atomic E-state index is 12.3. The third kappa shape index (κ3) is 10.1. The summed E-state index contributed by atoms with van der Waals surface area (Å²) in [6.45, 7) is 6.45. The van der Waals surface area contributed by atoms with Gasteiger partial charge >= 0.3 is 0 Å². The molecule has 1 heterocycles. The van der Waals surface area contributed by atoms with Crippen molar-refractivity contribution >= 4 is 35.8 Å². The highest BCUT2D eigenvalue weighted by molar-refractivity contribution is 14.0. The standard InChI is InChI=1S/C21H33N7O.HI/c1-4-22-21(24-10-6-13-28-14-7-11-26-28)25-17-18-8-5-9-19(16-18)20(29)23-12-15-27(2)3;/h5,7-9,11,14,16H,4,6,10,12-13,15,17H2,1-3H3,(H,23,29)(H2,22,24,25);1H. The Hall–Kier alpha value is -2.14. The summed E-state index contributed by atoms with van der Waals surface area (Å²) in [4.78, 5) is 19.0. The minimum atomic E-state index is -0.0543. The number of nitrogens with zero attached hydrogens (tertiary/aromatic N) is 4. The molecule has 0 aliphatic heterocycles. The summed E-state index contributed by atoms with van der Waals surface area (Å²) in [6.07, 6.45) is 4.70. The molecular formula is C21H34IN7O. The molecule has 9 heteroatoms. The molecule has 0 saturated heterocycles. The lowest BCUT2D eigenvalue weighted by Crippen LogP contribution is -2.38. The number of aromatic nitrogens is 2.